The van der Waals surface area contributed by atoms with E-state index in [2.05, 4.69) is 20.5 Å². The van der Waals surface area contributed by atoms with Crippen LogP contribution in [0.15, 0.2) is 58.8 Å². The number of azo groups is 1. The van der Waals surface area contributed by atoms with Crippen molar-refractivity contribution in [1.29, 1.82) is 0 Å². The summed E-state index contributed by atoms with van der Waals surface area (Å²) in [6.07, 6.45) is 0. The smallest absolute Gasteiger partial charge is 0.353 e. The number of anilines is 1. The molecule has 1 heterocycles. The number of aromatic hydroxyl groups is 1. The second-order valence-electron chi connectivity index (χ2n) is 5.18. The maximum absolute atomic E-state index is 11.9. The number of rotatable bonds is 3. The van der Waals surface area contributed by atoms with Gasteiger partial charge in [-0.05, 0) is 18.2 Å². The Morgan fingerprint density at radius 3 is 2.46 bits per heavy atom. The molecule has 0 aliphatic rings. The largest absolute Gasteiger partial charge is 0.493 e. The number of aromatic nitrogens is 1. The van der Waals surface area contributed by atoms with E-state index in [1.807, 2.05) is 0 Å². The molecular weight excluding hydrogens is 340 g/mol. The molecule has 0 spiro atoms. The van der Waals surface area contributed by atoms with Crippen molar-refractivity contribution in [2.45, 2.75) is 0 Å². The number of benzene rings is 2. The monoisotopic (exact) mass is 352 g/mol. The van der Waals surface area contributed by atoms with Gasteiger partial charge in [-0.25, -0.2) is 4.79 Å². The zero-order chi connectivity index (χ0) is 18.7. The van der Waals surface area contributed by atoms with E-state index in [0.29, 0.717) is 10.9 Å². The Labute approximate surface area is 146 Å². The fourth-order valence-corrected chi connectivity index (χ4v) is 2.31. The lowest BCUT2D eigenvalue weighted by Crippen LogP contribution is -2.22. The van der Waals surface area contributed by atoms with Gasteiger partial charge in [0.1, 0.15) is 0 Å². The maximum Gasteiger partial charge on any atom is 0.353 e. The Morgan fingerprint density at radius 1 is 1.00 bits per heavy atom. The van der Waals surface area contributed by atoms with E-state index in [4.69, 9.17) is 5.11 Å². The molecule has 0 saturated heterocycles. The van der Waals surface area contributed by atoms with Gasteiger partial charge in [0.25, 0.3) is 0 Å². The van der Waals surface area contributed by atoms with Gasteiger partial charge >= 0.3 is 17.8 Å². The molecule has 0 aliphatic heterocycles. The first-order chi connectivity index (χ1) is 12.5. The number of hydrogen-bond acceptors (Lipinski definition) is 5. The molecule has 2 aromatic carbocycles. The lowest BCUT2D eigenvalue weighted by molar-refractivity contribution is -0.134. The number of carbonyl (C=O) groups is 3. The summed E-state index contributed by atoms with van der Waals surface area (Å²) in [5.74, 6) is -3.94. The first-order valence-corrected chi connectivity index (χ1v) is 7.36. The summed E-state index contributed by atoms with van der Waals surface area (Å²) in [5.41, 5.74) is 0.405. The molecule has 3 aromatic rings. The highest BCUT2D eigenvalue weighted by Crippen LogP contribution is 2.35. The van der Waals surface area contributed by atoms with Crippen LogP contribution in [-0.2, 0) is 9.59 Å². The lowest BCUT2D eigenvalue weighted by atomic mass is 10.2. The first-order valence-electron chi connectivity index (χ1n) is 7.36. The molecule has 0 saturated carbocycles. The average molecular weight is 352 g/mol. The predicted octanol–water partition coefficient (Wildman–Crippen LogP) is 2.82. The van der Waals surface area contributed by atoms with E-state index >= 15 is 0 Å². The number of aromatic amines is 1. The average Bonchev–Trinajstić information content (AvgIpc) is 2.95. The van der Waals surface area contributed by atoms with Crippen LogP contribution in [0.3, 0.4) is 0 Å². The van der Waals surface area contributed by atoms with E-state index in [1.165, 1.54) is 24.3 Å². The second-order valence-corrected chi connectivity index (χ2v) is 5.18. The van der Waals surface area contributed by atoms with Gasteiger partial charge in [-0.15, -0.1) is 10.2 Å². The number of aromatic carboxylic acids is 1. The van der Waals surface area contributed by atoms with Crippen LogP contribution in [0.2, 0.25) is 0 Å². The molecule has 0 bridgehead atoms. The van der Waals surface area contributed by atoms with Gasteiger partial charge in [0.2, 0.25) is 5.88 Å². The zero-order valence-electron chi connectivity index (χ0n) is 13.1. The summed E-state index contributed by atoms with van der Waals surface area (Å²) in [5, 5.41) is 28.5. The molecule has 130 valence electrons. The van der Waals surface area contributed by atoms with Crippen molar-refractivity contribution in [2.75, 3.05) is 5.32 Å². The van der Waals surface area contributed by atoms with Crippen molar-refractivity contribution >= 4 is 40.1 Å². The van der Waals surface area contributed by atoms with Crippen LogP contribution >= 0.6 is 0 Å². The molecule has 1 aromatic heterocycles. The Bertz CT molecular complexity index is 1050. The quantitative estimate of drug-likeness (QED) is 0.423. The molecule has 0 atom stereocenters. The Balaban J connectivity index is 1.79. The van der Waals surface area contributed by atoms with Gasteiger partial charge in [0.05, 0.1) is 16.8 Å². The van der Waals surface area contributed by atoms with Gasteiger partial charge < -0.3 is 20.5 Å². The molecule has 2 amide bonds. The summed E-state index contributed by atoms with van der Waals surface area (Å²) < 4.78 is 0. The lowest BCUT2D eigenvalue weighted by Gasteiger charge is -2.05. The third-order valence-corrected chi connectivity index (χ3v) is 3.50. The van der Waals surface area contributed by atoms with Gasteiger partial charge in [0.15, 0.2) is 5.69 Å². The van der Waals surface area contributed by atoms with Crippen LogP contribution in [0, 0.1) is 0 Å². The van der Waals surface area contributed by atoms with Crippen molar-refractivity contribution in [1.82, 2.24) is 4.98 Å². The molecule has 0 aliphatic carbocycles. The second kappa shape index (κ2) is 6.85. The molecule has 9 heteroatoms. The van der Waals surface area contributed by atoms with E-state index in [1.54, 1.807) is 24.3 Å². The minimum absolute atomic E-state index is 0.0210. The van der Waals surface area contributed by atoms with Gasteiger partial charge in [-0.3, -0.25) is 9.59 Å². The highest BCUT2D eigenvalue weighted by Gasteiger charge is 2.18. The maximum atomic E-state index is 11.9. The van der Waals surface area contributed by atoms with Crippen molar-refractivity contribution in [3.63, 3.8) is 0 Å². The molecule has 9 nitrogen and oxygen atoms in total. The van der Waals surface area contributed by atoms with Crippen LogP contribution in [0.1, 0.15) is 10.4 Å². The number of nitrogens with one attached hydrogen (secondary N) is 2. The number of nitrogens with zero attached hydrogens (tertiary/aromatic N) is 2. The fourth-order valence-electron chi connectivity index (χ4n) is 2.31. The summed E-state index contributed by atoms with van der Waals surface area (Å²) in [6, 6.07) is 12.5. The molecular formula is C17H12N4O5. The highest BCUT2D eigenvalue weighted by atomic mass is 16.4. The summed E-state index contributed by atoms with van der Waals surface area (Å²) in [7, 11) is 0. The normalized spacial score (nSPS) is 10.9. The summed E-state index contributed by atoms with van der Waals surface area (Å²) in [6.45, 7) is 0. The number of para-hydroxylation sites is 2. The molecule has 3 rings (SSSR count). The van der Waals surface area contributed by atoms with E-state index in [-0.39, 0.29) is 22.8 Å². The summed E-state index contributed by atoms with van der Waals surface area (Å²) >= 11 is 0. The van der Waals surface area contributed by atoms with E-state index < -0.39 is 17.8 Å². The first kappa shape index (κ1) is 16.8. The van der Waals surface area contributed by atoms with Crippen molar-refractivity contribution < 1.29 is 24.6 Å². The van der Waals surface area contributed by atoms with Crippen molar-refractivity contribution in [2.24, 2.45) is 10.2 Å². The van der Waals surface area contributed by atoms with Crippen LogP contribution in [0.5, 0.6) is 5.88 Å². The third-order valence-electron chi connectivity index (χ3n) is 3.50. The minimum Gasteiger partial charge on any atom is -0.493 e. The highest BCUT2D eigenvalue weighted by molar-refractivity contribution is 6.40. The number of carboxylic acids is 1. The number of amides is 2. The Morgan fingerprint density at radius 2 is 1.69 bits per heavy atom. The van der Waals surface area contributed by atoms with Gasteiger partial charge in [0, 0.05) is 5.39 Å². The fraction of sp³-hybridized carbons (Fsp3) is 0. The van der Waals surface area contributed by atoms with Crippen LogP contribution in [0.4, 0.5) is 11.4 Å². The van der Waals surface area contributed by atoms with Crippen molar-refractivity contribution in [3.05, 3.63) is 54.1 Å². The van der Waals surface area contributed by atoms with Gasteiger partial charge in [-0.1, -0.05) is 30.3 Å². The molecule has 0 fully saturated rings. The molecule has 26 heavy (non-hydrogen) atoms. The summed E-state index contributed by atoms with van der Waals surface area (Å²) in [4.78, 5) is 37.5. The van der Waals surface area contributed by atoms with Crippen LogP contribution in [0.25, 0.3) is 10.9 Å². The third kappa shape index (κ3) is 3.26. The molecule has 0 unspecified atom stereocenters. The number of fused-ring (bicyclic) bond motifs is 1. The van der Waals surface area contributed by atoms with Gasteiger partial charge in [-0.2, -0.15) is 0 Å². The predicted molar refractivity (Wildman–Crippen MR) is 91.5 cm³/mol. The number of hydrogen-bond donors (Lipinski definition) is 4. The van der Waals surface area contributed by atoms with E-state index in [0.717, 1.165) is 0 Å². The van der Waals surface area contributed by atoms with Crippen LogP contribution < -0.4 is 5.32 Å². The van der Waals surface area contributed by atoms with E-state index in [9.17, 15) is 19.5 Å². The topological polar surface area (TPSA) is 144 Å². The molecule has 4 N–H and O–H groups in total. The minimum atomic E-state index is -1.25. The number of H-pyrrole nitrogens is 1. The Kier molecular flexibility index (Phi) is 4.44. The zero-order valence-corrected chi connectivity index (χ0v) is 13.1. The van der Waals surface area contributed by atoms with Crippen LogP contribution in [-0.4, -0.2) is 33.0 Å². The Hall–Kier alpha value is -4.01. The standard InChI is InChI=1S/C17H12N4O5/c22-14-13(9-5-1-3-7-11(9)18-14)20-21-16(24)15(23)19-12-8-4-2-6-10(12)17(25)26/h1-8,18,22H,(H,19,23)(H,25,26). The SMILES string of the molecule is O=C(N=Nc1c(O)[nH]c2ccccc12)C(=O)Nc1ccccc1C(=O)O. The van der Waals surface area contributed by atoms with Crippen molar-refractivity contribution in [3.8, 4) is 5.88 Å². The number of carboxylic acid groups (broad SMARTS) is 1. The molecule has 0 radical (unpaired) electrons. The number of carbonyl (C=O) groups excluding carboxylic acids is 2.